The average Bonchev–Trinajstić information content (AvgIpc) is 3.25. The van der Waals surface area contributed by atoms with E-state index in [1.54, 1.807) is 6.07 Å². The maximum Gasteiger partial charge on any atom is 0.412 e. The van der Waals surface area contributed by atoms with Crippen molar-refractivity contribution in [2.75, 3.05) is 26.2 Å². The lowest BCUT2D eigenvalue weighted by molar-refractivity contribution is 0.199. The van der Waals surface area contributed by atoms with Crippen molar-refractivity contribution in [1.82, 2.24) is 31.9 Å². The number of hydrogen-bond donors (Lipinski definition) is 6. The summed E-state index contributed by atoms with van der Waals surface area (Å²) in [5, 5.41) is 17.7. The number of aryl methyl sites for hydroxylation is 2. The van der Waals surface area contributed by atoms with E-state index in [2.05, 4.69) is 44.9 Å². The quantitative estimate of drug-likeness (QED) is 0.0402. The van der Waals surface area contributed by atoms with Crippen molar-refractivity contribution < 1.29 is 28.7 Å². The zero-order chi connectivity index (χ0) is 44.3. The molecule has 0 aliphatic heterocycles. The SMILES string of the molecule is CCCCCCCCCCCCCCCc1cccc(OC(=O)NCCCCCCNC(=O)N[C@H]2CCCC[C@@H]2NC(=O)NCCCCCCNC(=O)Oc2cccc(C)c2)c1. The largest absolute Gasteiger partial charge is 0.412 e. The van der Waals surface area contributed by atoms with Gasteiger partial charge in [0.25, 0.3) is 0 Å². The Morgan fingerprint density at radius 2 is 0.903 bits per heavy atom. The van der Waals surface area contributed by atoms with Crippen molar-refractivity contribution in [2.24, 2.45) is 0 Å². The van der Waals surface area contributed by atoms with E-state index < -0.39 is 12.2 Å². The Bertz CT molecular complexity index is 1520. The summed E-state index contributed by atoms with van der Waals surface area (Å²) in [6.07, 6.45) is 28.4. The molecule has 2 aromatic rings. The van der Waals surface area contributed by atoms with Crippen LogP contribution in [0, 0.1) is 6.92 Å². The van der Waals surface area contributed by atoms with Crippen LogP contribution in [0.3, 0.4) is 0 Å². The fraction of sp³-hybridized carbons (Fsp3) is 0.680. The van der Waals surface area contributed by atoms with Crippen LogP contribution in [-0.4, -0.2) is 62.5 Å². The molecule has 0 radical (unpaired) electrons. The first-order valence-corrected chi connectivity index (χ1v) is 24.5. The molecule has 0 saturated heterocycles. The van der Waals surface area contributed by atoms with Gasteiger partial charge in [-0.15, -0.1) is 0 Å². The molecule has 348 valence electrons. The van der Waals surface area contributed by atoms with Gasteiger partial charge in [-0.1, -0.05) is 147 Å². The minimum atomic E-state index is -0.453. The molecular formula is C50H82N6O6. The van der Waals surface area contributed by atoms with E-state index in [0.717, 1.165) is 95.5 Å². The molecule has 62 heavy (non-hydrogen) atoms. The summed E-state index contributed by atoms with van der Waals surface area (Å²) in [4.78, 5) is 49.7. The number of unbranched alkanes of at least 4 members (excludes halogenated alkanes) is 18. The Morgan fingerprint density at radius 3 is 1.37 bits per heavy atom. The molecule has 1 aliphatic carbocycles. The van der Waals surface area contributed by atoms with Crippen molar-refractivity contribution in [2.45, 2.75) is 193 Å². The van der Waals surface area contributed by atoms with E-state index in [0.29, 0.717) is 37.7 Å². The van der Waals surface area contributed by atoms with Gasteiger partial charge >= 0.3 is 24.2 Å². The van der Waals surface area contributed by atoms with E-state index in [4.69, 9.17) is 9.47 Å². The second kappa shape index (κ2) is 34.1. The summed E-state index contributed by atoms with van der Waals surface area (Å²) in [6, 6.07) is 14.6. The second-order valence-corrected chi connectivity index (χ2v) is 17.2. The van der Waals surface area contributed by atoms with Crippen LogP contribution in [0.1, 0.15) is 179 Å². The summed E-state index contributed by atoms with van der Waals surface area (Å²) in [6.45, 7) is 6.43. The highest BCUT2D eigenvalue weighted by Gasteiger charge is 2.27. The maximum atomic E-state index is 12.7. The molecule has 6 amide bonds. The van der Waals surface area contributed by atoms with Gasteiger partial charge in [0.05, 0.1) is 12.1 Å². The molecule has 3 rings (SSSR count). The first-order valence-electron chi connectivity index (χ1n) is 24.5. The first kappa shape index (κ1) is 51.9. The first-order chi connectivity index (χ1) is 30.3. The summed E-state index contributed by atoms with van der Waals surface area (Å²) in [7, 11) is 0. The summed E-state index contributed by atoms with van der Waals surface area (Å²) in [5.41, 5.74) is 2.24. The van der Waals surface area contributed by atoms with Gasteiger partial charge in [-0.3, -0.25) is 0 Å². The third kappa shape index (κ3) is 26.1. The third-order valence-electron chi connectivity index (χ3n) is 11.6. The van der Waals surface area contributed by atoms with Crippen LogP contribution in [-0.2, 0) is 6.42 Å². The maximum absolute atomic E-state index is 12.7. The van der Waals surface area contributed by atoms with Gasteiger partial charge in [0.15, 0.2) is 0 Å². The molecule has 0 spiro atoms. The van der Waals surface area contributed by atoms with Crippen LogP contribution in [0.4, 0.5) is 19.2 Å². The molecule has 0 bridgehead atoms. The van der Waals surface area contributed by atoms with Crippen molar-refractivity contribution in [1.29, 1.82) is 0 Å². The monoisotopic (exact) mass is 863 g/mol. The lowest BCUT2D eigenvalue weighted by Crippen LogP contribution is -2.56. The molecular weight excluding hydrogens is 781 g/mol. The van der Waals surface area contributed by atoms with Crippen molar-refractivity contribution >= 4 is 24.2 Å². The van der Waals surface area contributed by atoms with Gasteiger partial charge in [-0.2, -0.15) is 0 Å². The average molecular weight is 863 g/mol. The van der Waals surface area contributed by atoms with E-state index in [1.807, 2.05) is 43.3 Å². The standard InChI is InChI=1S/C50H82N6O6/c1-3-4-5-6-7-8-9-10-11-12-13-14-19-29-42-30-27-32-44(40-42)62-50(60)54-38-25-18-16-23-36-52-48(58)56-46-34-21-20-33-45(46)55-47(57)51-35-22-15-17-24-37-53-49(59)61-43-31-26-28-41(2)39-43/h26-28,30-32,39-40,45-46H,3-25,29,33-38H2,1-2H3,(H,53,59)(H,54,60)(H2,51,55,57)(H2,52,56,58)/t45-,46-/m0/s1. The van der Waals surface area contributed by atoms with Crippen molar-refractivity contribution in [3.63, 3.8) is 0 Å². The number of carbonyl (C=O) groups excluding carboxylic acids is 4. The Morgan fingerprint density at radius 1 is 0.500 bits per heavy atom. The van der Waals surface area contributed by atoms with Gasteiger partial charge in [0.2, 0.25) is 0 Å². The smallest absolute Gasteiger partial charge is 0.410 e. The molecule has 2 aromatic carbocycles. The number of amides is 6. The highest BCUT2D eigenvalue weighted by molar-refractivity contribution is 5.76. The lowest BCUT2D eigenvalue weighted by atomic mass is 9.90. The van der Waals surface area contributed by atoms with Gasteiger partial charge < -0.3 is 41.4 Å². The van der Waals surface area contributed by atoms with Gasteiger partial charge in [0.1, 0.15) is 11.5 Å². The topological polar surface area (TPSA) is 159 Å². The number of hydrogen-bond acceptors (Lipinski definition) is 6. The Labute approximate surface area is 374 Å². The van der Waals surface area contributed by atoms with Crippen LogP contribution in [0.25, 0.3) is 0 Å². The molecule has 6 N–H and O–H groups in total. The van der Waals surface area contributed by atoms with Crippen LogP contribution in [0.15, 0.2) is 48.5 Å². The molecule has 0 heterocycles. The minimum absolute atomic E-state index is 0.114. The van der Waals surface area contributed by atoms with Gasteiger partial charge in [-0.05, 0) is 93.7 Å². The number of nitrogens with one attached hydrogen (secondary N) is 6. The lowest BCUT2D eigenvalue weighted by Gasteiger charge is -2.32. The number of ether oxygens (including phenoxy) is 2. The number of carbonyl (C=O) groups is 4. The van der Waals surface area contributed by atoms with Crippen LogP contribution in [0.5, 0.6) is 11.5 Å². The predicted octanol–water partition coefficient (Wildman–Crippen LogP) is 11.5. The zero-order valence-electron chi connectivity index (χ0n) is 38.4. The van der Waals surface area contributed by atoms with Crippen LogP contribution >= 0.6 is 0 Å². The van der Waals surface area contributed by atoms with E-state index in [-0.39, 0.29) is 24.1 Å². The molecule has 1 fully saturated rings. The molecule has 0 unspecified atom stereocenters. The zero-order valence-corrected chi connectivity index (χ0v) is 38.4. The number of rotatable bonds is 32. The molecule has 1 saturated carbocycles. The summed E-state index contributed by atoms with van der Waals surface area (Å²) < 4.78 is 10.8. The number of urea groups is 2. The fourth-order valence-corrected chi connectivity index (χ4v) is 7.98. The Kier molecular flexibility index (Phi) is 28.5. The molecule has 0 aromatic heterocycles. The van der Waals surface area contributed by atoms with Crippen molar-refractivity contribution in [3.05, 3.63) is 59.7 Å². The van der Waals surface area contributed by atoms with Gasteiger partial charge in [0, 0.05) is 26.2 Å². The van der Waals surface area contributed by atoms with Crippen LogP contribution in [0.2, 0.25) is 0 Å². The summed E-state index contributed by atoms with van der Waals surface area (Å²) >= 11 is 0. The highest BCUT2D eigenvalue weighted by atomic mass is 16.6. The Hall–Kier alpha value is -4.48. The number of benzene rings is 2. The van der Waals surface area contributed by atoms with Gasteiger partial charge in [-0.25, -0.2) is 19.2 Å². The molecule has 2 atom stereocenters. The molecule has 12 heteroatoms. The fourth-order valence-electron chi connectivity index (χ4n) is 7.98. The van der Waals surface area contributed by atoms with E-state index in [1.165, 1.54) is 82.6 Å². The third-order valence-corrected chi connectivity index (χ3v) is 11.6. The van der Waals surface area contributed by atoms with E-state index >= 15 is 0 Å². The molecule has 1 aliphatic rings. The predicted molar refractivity (Wildman–Crippen MR) is 251 cm³/mol. The Balaban J connectivity index is 1.12. The second-order valence-electron chi connectivity index (χ2n) is 17.2. The van der Waals surface area contributed by atoms with E-state index in [9.17, 15) is 19.2 Å². The minimum Gasteiger partial charge on any atom is -0.410 e. The van der Waals surface area contributed by atoms with Crippen LogP contribution < -0.4 is 41.4 Å². The normalized spacial score (nSPS) is 14.7. The van der Waals surface area contributed by atoms with Crippen molar-refractivity contribution in [3.8, 4) is 11.5 Å². The molecule has 12 nitrogen and oxygen atoms in total. The highest BCUT2D eigenvalue weighted by Crippen LogP contribution is 2.20. The summed E-state index contributed by atoms with van der Waals surface area (Å²) in [5.74, 6) is 1.12.